The Morgan fingerprint density at radius 2 is 1.93 bits per heavy atom. The van der Waals surface area contributed by atoms with Crippen molar-refractivity contribution in [3.05, 3.63) is 36.0 Å². The Morgan fingerprint density at radius 1 is 1.20 bits per heavy atom. The van der Waals surface area contributed by atoms with Crippen LogP contribution in [0.5, 0.6) is 5.75 Å². The van der Waals surface area contributed by atoms with Crippen molar-refractivity contribution in [1.82, 2.24) is 0 Å². The summed E-state index contributed by atoms with van der Waals surface area (Å²) < 4.78 is 0. The van der Waals surface area contributed by atoms with Gasteiger partial charge in [0, 0.05) is 23.9 Å². The number of hydrogen-bond donors (Lipinski definition) is 2. The summed E-state index contributed by atoms with van der Waals surface area (Å²) in [6, 6.07) is 6.76. The van der Waals surface area contributed by atoms with Crippen LogP contribution in [0.25, 0.3) is 0 Å². The van der Waals surface area contributed by atoms with Gasteiger partial charge in [-0.2, -0.15) is 0 Å². The molecule has 15 heavy (non-hydrogen) atoms. The first-order valence-corrected chi connectivity index (χ1v) is 5.03. The highest BCUT2D eigenvalue weighted by Gasteiger charge is 2.16. The van der Waals surface area contributed by atoms with E-state index < -0.39 is 0 Å². The highest BCUT2D eigenvalue weighted by Crippen LogP contribution is 2.21. The van der Waals surface area contributed by atoms with Crippen molar-refractivity contribution >= 4 is 11.5 Å². The average molecular weight is 203 g/mol. The quantitative estimate of drug-likeness (QED) is 0.573. The molecule has 0 saturated heterocycles. The molecule has 1 aliphatic carbocycles. The predicted molar refractivity (Wildman–Crippen MR) is 58.7 cm³/mol. The van der Waals surface area contributed by atoms with Crippen molar-refractivity contribution in [1.29, 1.82) is 0 Å². The molecule has 2 N–H and O–H groups in total. The zero-order valence-electron chi connectivity index (χ0n) is 8.36. The van der Waals surface area contributed by atoms with Gasteiger partial charge in [-0.3, -0.25) is 4.79 Å². The van der Waals surface area contributed by atoms with E-state index in [-0.39, 0.29) is 11.5 Å². The van der Waals surface area contributed by atoms with Gasteiger partial charge < -0.3 is 10.4 Å². The number of rotatable bonds is 2. The summed E-state index contributed by atoms with van der Waals surface area (Å²) in [5.74, 6) is 0.478. The molecule has 0 unspecified atom stereocenters. The van der Waals surface area contributed by atoms with Crippen LogP contribution < -0.4 is 5.32 Å². The number of phenolic OH excluding ortho intramolecular Hbond substituents is 1. The summed E-state index contributed by atoms with van der Waals surface area (Å²) >= 11 is 0. The fourth-order valence-electron chi connectivity index (χ4n) is 1.62. The van der Waals surface area contributed by atoms with E-state index in [0.29, 0.717) is 6.42 Å². The number of allylic oxidation sites excluding steroid dienone is 1. The molecule has 0 atom stereocenters. The minimum atomic E-state index is 0.237. The van der Waals surface area contributed by atoms with Crippen molar-refractivity contribution in [2.75, 3.05) is 5.32 Å². The van der Waals surface area contributed by atoms with Gasteiger partial charge in [-0.25, -0.2) is 0 Å². The SMILES string of the molecule is O=C1CCC/C1=C/Nc1ccc(O)cc1. The second-order valence-electron chi connectivity index (χ2n) is 3.64. The van der Waals surface area contributed by atoms with Crippen molar-refractivity contribution in [3.8, 4) is 5.75 Å². The number of carbonyl (C=O) groups excluding carboxylic acids is 1. The summed E-state index contributed by atoms with van der Waals surface area (Å²) in [6.45, 7) is 0. The summed E-state index contributed by atoms with van der Waals surface area (Å²) in [7, 11) is 0. The lowest BCUT2D eigenvalue weighted by atomic mass is 10.2. The normalized spacial score (nSPS) is 18.4. The summed E-state index contributed by atoms with van der Waals surface area (Å²) in [5, 5.41) is 12.1. The topological polar surface area (TPSA) is 49.3 Å². The van der Waals surface area contributed by atoms with Crippen LogP contribution in [0.4, 0.5) is 5.69 Å². The van der Waals surface area contributed by atoms with Gasteiger partial charge in [-0.05, 0) is 37.1 Å². The van der Waals surface area contributed by atoms with Crippen LogP contribution in [-0.4, -0.2) is 10.9 Å². The lowest BCUT2D eigenvalue weighted by molar-refractivity contribution is -0.114. The van der Waals surface area contributed by atoms with Gasteiger partial charge in [0.05, 0.1) is 0 Å². The minimum absolute atomic E-state index is 0.237. The molecule has 0 amide bonds. The van der Waals surface area contributed by atoms with Crippen LogP contribution in [0.3, 0.4) is 0 Å². The third-order valence-electron chi connectivity index (χ3n) is 2.49. The maximum atomic E-state index is 11.3. The Kier molecular flexibility index (Phi) is 2.72. The Hall–Kier alpha value is -1.77. The van der Waals surface area contributed by atoms with Gasteiger partial charge in [-0.1, -0.05) is 0 Å². The minimum Gasteiger partial charge on any atom is -0.508 e. The van der Waals surface area contributed by atoms with Crippen LogP contribution in [0.2, 0.25) is 0 Å². The van der Waals surface area contributed by atoms with E-state index in [2.05, 4.69) is 5.32 Å². The van der Waals surface area contributed by atoms with Gasteiger partial charge in [0.1, 0.15) is 5.75 Å². The highest BCUT2D eigenvalue weighted by molar-refractivity contribution is 5.97. The van der Waals surface area contributed by atoms with Crippen LogP contribution in [-0.2, 0) is 4.79 Å². The maximum Gasteiger partial charge on any atom is 0.160 e. The number of carbonyl (C=O) groups is 1. The van der Waals surface area contributed by atoms with Gasteiger partial charge in [-0.15, -0.1) is 0 Å². The molecule has 2 rings (SSSR count). The number of nitrogens with one attached hydrogen (secondary N) is 1. The molecule has 1 aromatic rings. The van der Waals surface area contributed by atoms with Crippen molar-refractivity contribution in [2.45, 2.75) is 19.3 Å². The summed E-state index contributed by atoms with van der Waals surface area (Å²) in [6.07, 6.45) is 4.26. The summed E-state index contributed by atoms with van der Waals surface area (Å²) in [5.41, 5.74) is 1.74. The first-order chi connectivity index (χ1) is 7.25. The number of benzene rings is 1. The van der Waals surface area contributed by atoms with Crippen molar-refractivity contribution in [3.63, 3.8) is 0 Å². The smallest absolute Gasteiger partial charge is 0.160 e. The van der Waals surface area contributed by atoms with Crippen LogP contribution in [0, 0.1) is 0 Å². The van der Waals surface area contributed by atoms with Crippen LogP contribution in [0.15, 0.2) is 36.0 Å². The molecule has 0 aliphatic heterocycles. The Balaban J connectivity index is 2.03. The number of aromatic hydroxyl groups is 1. The number of phenols is 1. The molecular formula is C12H13NO2. The maximum absolute atomic E-state index is 11.3. The van der Waals surface area contributed by atoms with Gasteiger partial charge in [0.2, 0.25) is 0 Å². The van der Waals surface area contributed by atoms with Gasteiger partial charge >= 0.3 is 0 Å². The Labute approximate surface area is 88.4 Å². The van der Waals surface area contributed by atoms with Crippen molar-refractivity contribution < 1.29 is 9.90 Å². The standard InChI is InChI=1S/C12H13NO2/c14-11-6-4-10(5-7-11)13-8-9-2-1-3-12(9)15/h4-8,13-14H,1-3H2/b9-8-. The largest absolute Gasteiger partial charge is 0.508 e. The molecule has 78 valence electrons. The fraction of sp³-hybridized carbons (Fsp3) is 0.250. The molecule has 1 fully saturated rings. The molecule has 0 spiro atoms. The van der Waals surface area contributed by atoms with E-state index in [1.807, 2.05) is 0 Å². The third-order valence-corrected chi connectivity index (χ3v) is 2.49. The monoisotopic (exact) mass is 203 g/mol. The predicted octanol–water partition coefficient (Wildman–Crippen LogP) is 2.44. The summed E-state index contributed by atoms with van der Waals surface area (Å²) in [4.78, 5) is 11.3. The van der Waals surface area contributed by atoms with Gasteiger partial charge in [0.25, 0.3) is 0 Å². The molecule has 1 aliphatic rings. The Morgan fingerprint density at radius 3 is 2.53 bits per heavy atom. The zero-order chi connectivity index (χ0) is 10.7. The fourth-order valence-corrected chi connectivity index (χ4v) is 1.62. The number of anilines is 1. The second-order valence-corrected chi connectivity index (χ2v) is 3.64. The first-order valence-electron chi connectivity index (χ1n) is 5.03. The van der Waals surface area contributed by atoms with E-state index >= 15 is 0 Å². The molecule has 1 saturated carbocycles. The molecule has 1 aromatic carbocycles. The molecular weight excluding hydrogens is 190 g/mol. The molecule has 3 heteroatoms. The lowest BCUT2D eigenvalue weighted by Crippen LogP contribution is -1.96. The highest BCUT2D eigenvalue weighted by atomic mass is 16.3. The Bertz CT molecular complexity index is 393. The number of hydrogen-bond acceptors (Lipinski definition) is 3. The number of Topliss-reactive ketones (excluding diaryl/α,β-unsaturated/α-hetero) is 1. The first kappa shape index (κ1) is 9.77. The van der Waals surface area contributed by atoms with E-state index in [9.17, 15) is 4.79 Å². The third kappa shape index (κ3) is 2.37. The van der Waals surface area contributed by atoms with E-state index in [0.717, 1.165) is 24.1 Å². The van der Waals surface area contributed by atoms with Gasteiger partial charge in [0.15, 0.2) is 5.78 Å². The lowest BCUT2D eigenvalue weighted by Gasteiger charge is -2.01. The molecule has 0 bridgehead atoms. The second kappa shape index (κ2) is 4.17. The van der Waals surface area contributed by atoms with Crippen LogP contribution in [0.1, 0.15) is 19.3 Å². The number of ketones is 1. The van der Waals surface area contributed by atoms with E-state index in [1.54, 1.807) is 30.5 Å². The molecule has 0 aromatic heterocycles. The van der Waals surface area contributed by atoms with Crippen molar-refractivity contribution in [2.24, 2.45) is 0 Å². The van der Waals surface area contributed by atoms with E-state index in [1.165, 1.54) is 0 Å². The molecule has 3 nitrogen and oxygen atoms in total. The van der Waals surface area contributed by atoms with E-state index in [4.69, 9.17) is 5.11 Å². The molecule has 0 radical (unpaired) electrons. The van der Waals surface area contributed by atoms with Crippen LogP contribution >= 0.6 is 0 Å². The average Bonchev–Trinajstić information content (AvgIpc) is 2.63. The molecule has 0 heterocycles. The zero-order valence-corrected chi connectivity index (χ0v) is 8.36.